The molecule has 0 atom stereocenters. The molecule has 0 unspecified atom stereocenters. The quantitative estimate of drug-likeness (QED) is 0.636. The fourth-order valence-corrected chi connectivity index (χ4v) is 4.02. The highest BCUT2D eigenvalue weighted by atomic mass is 32.2. The van der Waals surface area contributed by atoms with Crippen molar-refractivity contribution in [2.24, 2.45) is 0 Å². The molecule has 0 aliphatic carbocycles. The van der Waals surface area contributed by atoms with Crippen LogP contribution in [0.2, 0.25) is 0 Å². The molecule has 0 saturated carbocycles. The van der Waals surface area contributed by atoms with E-state index in [9.17, 15) is 8.42 Å². The summed E-state index contributed by atoms with van der Waals surface area (Å²) in [6, 6.07) is 12.9. The monoisotopic (exact) mass is 415 g/mol. The Labute approximate surface area is 169 Å². The van der Waals surface area contributed by atoms with Crippen LogP contribution in [0, 0.1) is 6.92 Å². The second kappa shape index (κ2) is 8.27. The molecule has 0 amide bonds. The Morgan fingerprint density at radius 1 is 1.10 bits per heavy atom. The van der Waals surface area contributed by atoms with Gasteiger partial charge in [0.2, 0.25) is 10.0 Å². The van der Waals surface area contributed by atoms with Gasteiger partial charge in [-0.3, -0.25) is 4.90 Å². The molecule has 2 aromatic heterocycles. The number of para-hydroxylation sites is 1. The average molecular weight is 415 g/mol. The lowest BCUT2D eigenvalue weighted by atomic mass is 10.3. The first-order chi connectivity index (χ1) is 14.0. The van der Waals surface area contributed by atoms with Crippen molar-refractivity contribution in [3.63, 3.8) is 0 Å². The predicted molar refractivity (Wildman–Crippen MR) is 106 cm³/mol. The third-order valence-electron chi connectivity index (χ3n) is 4.72. The summed E-state index contributed by atoms with van der Waals surface area (Å²) in [5, 5.41) is 8.77. The molecule has 10 heteroatoms. The molecule has 2 N–H and O–H groups in total. The van der Waals surface area contributed by atoms with Crippen LogP contribution >= 0.6 is 0 Å². The molecular formula is C19H23N6O3S+. The number of aryl methyl sites for hydroxylation is 1. The molecule has 3 heterocycles. The summed E-state index contributed by atoms with van der Waals surface area (Å²) in [4.78, 5) is 6.86. The van der Waals surface area contributed by atoms with Crippen molar-refractivity contribution in [3.8, 4) is 5.69 Å². The minimum atomic E-state index is -3.68. The second-order valence-corrected chi connectivity index (χ2v) is 8.46. The molecule has 0 spiro atoms. The maximum atomic E-state index is 12.7. The van der Waals surface area contributed by atoms with Crippen LogP contribution in [0.1, 0.15) is 11.4 Å². The number of rotatable bonds is 6. The van der Waals surface area contributed by atoms with Crippen molar-refractivity contribution in [3.05, 3.63) is 60.0 Å². The van der Waals surface area contributed by atoms with Crippen LogP contribution in [-0.4, -0.2) is 49.7 Å². The third kappa shape index (κ3) is 4.44. The molecule has 29 heavy (non-hydrogen) atoms. The van der Waals surface area contributed by atoms with Crippen LogP contribution in [0.5, 0.6) is 0 Å². The maximum absolute atomic E-state index is 12.7. The molecule has 1 aliphatic rings. The zero-order valence-corrected chi connectivity index (χ0v) is 16.9. The Morgan fingerprint density at radius 3 is 2.55 bits per heavy atom. The van der Waals surface area contributed by atoms with Crippen molar-refractivity contribution in [2.45, 2.75) is 18.4 Å². The van der Waals surface area contributed by atoms with Crippen LogP contribution in [-0.2, 0) is 21.3 Å². The van der Waals surface area contributed by atoms with E-state index >= 15 is 0 Å². The fourth-order valence-electron chi connectivity index (χ4n) is 3.07. The number of sulfonamides is 1. The highest BCUT2D eigenvalue weighted by molar-refractivity contribution is 7.89. The number of morpholine rings is 1. The first-order valence-corrected chi connectivity index (χ1v) is 10.8. The van der Waals surface area contributed by atoms with Gasteiger partial charge in [0.05, 0.1) is 31.1 Å². The number of benzene rings is 1. The van der Waals surface area contributed by atoms with E-state index in [1.165, 1.54) is 11.0 Å². The van der Waals surface area contributed by atoms with E-state index in [0.29, 0.717) is 24.6 Å². The molecule has 1 saturated heterocycles. The number of aromatic nitrogens is 4. The van der Waals surface area contributed by atoms with E-state index in [2.05, 4.69) is 24.8 Å². The van der Waals surface area contributed by atoms with Gasteiger partial charge in [0.25, 0.3) is 5.82 Å². The number of nitrogens with one attached hydrogen (secondary N) is 2. The number of aromatic amines is 1. The summed E-state index contributed by atoms with van der Waals surface area (Å²) in [5.74, 6) is 0.869. The SMILES string of the molecule is Cc1nn(-c2ccccc2)nc1CNS(=O)(=O)c1ccc(N2CCOCC2)[nH+]c1. The Balaban J connectivity index is 1.44. The number of nitrogens with zero attached hydrogens (tertiary/aromatic N) is 4. The van der Waals surface area contributed by atoms with E-state index in [-0.39, 0.29) is 11.4 Å². The minimum Gasteiger partial charge on any atom is -0.373 e. The van der Waals surface area contributed by atoms with Crippen LogP contribution in [0.3, 0.4) is 0 Å². The van der Waals surface area contributed by atoms with Crippen molar-refractivity contribution >= 4 is 15.8 Å². The summed E-state index contributed by atoms with van der Waals surface area (Å²) in [6.07, 6.45) is 1.50. The van der Waals surface area contributed by atoms with Crippen LogP contribution < -0.4 is 14.6 Å². The largest absolute Gasteiger partial charge is 0.373 e. The lowest BCUT2D eigenvalue weighted by Crippen LogP contribution is -2.39. The number of hydrogen-bond donors (Lipinski definition) is 1. The Morgan fingerprint density at radius 2 is 1.86 bits per heavy atom. The van der Waals surface area contributed by atoms with Gasteiger partial charge in [-0.1, -0.05) is 18.2 Å². The van der Waals surface area contributed by atoms with E-state index in [1.807, 2.05) is 30.3 Å². The van der Waals surface area contributed by atoms with Gasteiger partial charge >= 0.3 is 0 Å². The molecule has 0 radical (unpaired) electrons. The fraction of sp³-hybridized carbons (Fsp3) is 0.316. The first kappa shape index (κ1) is 19.5. The van der Waals surface area contributed by atoms with E-state index in [4.69, 9.17) is 4.74 Å². The molecule has 1 aliphatic heterocycles. The van der Waals surface area contributed by atoms with E-state index in [0.717, 1.165) is 24.6 Å². The smallest absolute Gasteiger partial charge is 0.274 e. The topological polar surface area (TPSA) is 103 Å². The zero-order chi connectivity index (χ0) is 20.3. The summed E-state index contributed by atoms with van der Waals surface area (Å²) in [7, 11) is -3.68. The molecule has 0 bridgehead atoms. The predicted octanol–water partition coefficient (Wildman–Crippen LogP) is 0.705. The second-order valence-electron chi connectivity index (χ2n) is 6.69. The van der Waals surface area contributed by atoms with Gasteiger partial charge in [-0.15, -0.1) is 0 Å². The Hall–Kier alpha value is -2.82. The number of ether oxygens (including phenoxy) is 1. The van der Waals surface area contributed by atoms with E-state index < -0.39 is 10.0 Å². The highest BCUT2D eigenvalue weighted by Crippen LogP contribution is 2.14. The molecule has 1 fully saturated rings. The lowest BCUT2D eigenvalue weighted by molar-refractivity contribution is -0.367. The van der Waals surface area contributed by atoms with Gasteiger partial charge in [-0.05, 0) is 25.1 Å². The number of anilines is 1. The Bertz CT molecular complexity index is 1060. The van der Waals surface area contributed by atoms with Crippen LogP contribution in [0.15, 0.2) is 53.6 Å². The number of H-pyrrole nitrogens is 1. The number of pyridine rings is 1. The molecular weight excluding hydrogens is 392 g/mol. The van der Waals surface area contributed by atoms with Crippen molar-refractivity contribution in [1.29, 1.82) is 0 Å². The van der Waals surface area contributed by atoms with Gasteiger partial charge in [0, 0.05) is 6.07 Å². The molecule has 3 aromatic rings. The molecule has 4 rings (SSSR count). The standard InChI is InChI=1S/C19H22N6O3S/c1-15-18(23-25(22-15)16-5-3-2-4-6-16)14-21-29(26,27)17-7-8-19(20-13-17)24-9-11-28-12-10-24/h2-8,13,21H,9-12,14H2,1H3/p+1. The van der Waals surface area contributed by atoms with Gasteiger partial charge in [0.15, 0.2) is 0 Å². The van der Waals surface area contributed by atoms with Gasteiger partial charge in [0.1, 0.15) is 29.9 Å². The van der Waals surface area contributed by atoms with Gasteiger partial charge in [-0.25, -0.2) is 18.1 Å². The lowest BCUT2D eigenvalue weighted by Gasteiger charge is -2.21. The highest BCUT2D eigenvalue weighted by Gasteiger charge is 2.22. The molecule has 1 aromatic carbocycles. The zero-order valence-electron chi connectivity index (χ0n) is 16.1. The van der Waals surface area contributed by atoms with Crippen molar-refractivity contribution in [2.75, 3.05) is 31.2 Å². The van der Waals surface area contributed by atoms with Crippen LogP contribution in [0.4, 0.5) is 5.82 Å². The minimum absolute atomic E-state index is 0.0617. The maximum Gasteiger partial charge on any atom is 0.274 e. The third-order valence-corrected chi connectivity index (χ3v) is 6.12. The van der Waals surface area contributed by atoms with Crippen molar-refractivity contribution < 1.29 is 18.1 Å². The summed E-state index contributed by atoms with van der Waals surface area (Å²) >= 11 is 0. The van der Waals surface area contributed by atoms with E-state index in [1.54, 1.807) is 19.1 Å². The Kier molecular flexibility index (Phi) is 5.56. The van der Waals surface area contributed by atoms with Crippen molar-refractivity contribution in [1.82, 2.24) is 19.7 Å². The summed E-state index contributed by atoms with van der Waals surface area (Å²) < 4.78 is 33.3. The first-order valence-electron chi connectivity index (χ1n) is 9.35. The summed E-state index contributed by atoms with van der Waals surface area (Å²) in [5.41, 5.74) is 2.06. The van der Waals surface area contributed by atoms with Gasteiger partial charge in [-0.2, -0.15) is 15.0 Å². The number of hydrogen-bond acceptors (Lipinski definition) is 6. The normalized spacial score (nSPS) is 14.9. The summed E-state index contributed by atoms with van der Waals surface area (Å²) in [6.45, 7) is 4.75. The molecule has 152 valence electrons. The molecule has 9 nitrogen and oxygen atoms in total. The van der Waals surface area contributed by atoms with Crippen LogP contribution in [0.25, 0.3) is 5.69 Å². The van der Waals surface area contributed by atoms with Gasteiger partial charge < -0.3 is 4.74 Å². The average Bonchev–Trinajstić information content (AvgIpc) is 3.14.